The highest BCUT2D eigenvalue weighted by Gasteiger charge is 2.22. The number of rotatable bonds is 3. The third-order valence-corrected chi connectivity index (χ3v) is 2.12. The zero-order chi connectivity index (χ0) is 8.20. The van der Waals surface area contributed by atoms with Gasteiger partial charge < -0.3 is 0 Å². The van der Waals surface area contributed by atoms with Crippen LogP contribution in [0.3, 0.4) is 0 Å². The number of hydrogen-bond donors (Lipinski definition) is 0. The van der Waals surface area contributed by atoms with E-state index in [9.17, 15) is 0 Å². The first kappa shape index (κ1) is 9.23. The Bertz CT molecular complexity index is 151. The molecular formula is C9H15N. The van der Waals surface area contributed by atoms with Crippen molar-refractivity contribution < 1.29 is 0 Å². The topological polar surface area (TPSA) is 23.8 Å². The predicted octanol–water partition coefficient (Wildman–Crippen LogP) is 2.75. The molecule has 0 fully saturated rings. The first-order chi connectivity index (χ1) is 4.54. The van der Waals surface area contributed by atoms with Gasteiger partial charge >= 0.3 is 0 Å². The molecule has 1 unspecified atom stereocenters. The second kappa shape index (κ2) is 3.41. The third-order valence-electron chi connectivity index (χ3n) is 2.12. The molecule has 0 aromatic carbocycles. The van der Waals surface area contributed by atoms with E-state index in [0.717, 1.165) is 0 Å². The van der Waals surface area contributed by atoms with Gasteiger partial charge in [0.2, 0.25) is 0 Å². The van der Waals surface area contributed by atoms with Crippen molar-refractivity contribution in [1.29, 1.82) is 5.26 Å². The summed E-state index contributed by atoms with van der Waals surface area (Å²) < 4.78 is 0. The molecular weight excluding hydrogens is 122 g/mol. The summed E-state index contributed by atoms with van der Waals surface area (Å²) in [5, 5.41) is 8.46. The van der Waals surface area contributed by atoms with Crippen LogP contribution >= 0.6 is 0 Å². The number of allylic oxidation sites excluding steroid dienone is 1. The van der Waals surface area contributed by atoms with Crippen LogP contribution in [-0.4, -0.2) is 0 Å². The van der Waals surface area contributed by atoms with Crippen molar-refractivity contribution in [2.45, 2.75) is 27.2 Å². The van der Waals surface area contributed by atoms with E-state index in [1.165, 1.54) is 0 Å². The van der Waals surface area contributed by atoms with E-state index in [1.807, 2.05) is 6.08 Å². The lowest BCUT2D eigenvalue weighted by Gasteiger charge is -2.26. The molecule has 0 aromatic rings. The number of nitrogens with zero attached hydrogens (tertiary/aromatic N) is 1. The average molecular weight is 137 g/mol. The Morgan fingerprint density at radius 3 is 2.50 bits per heavy atom. The molecule has 1 nitrogen and oxygen atoms in total. The van der Waals surface area contributed by atoms with Gasteiger partial charge in [-0.05, 0) is 11.3 Å². The monoisotopic (exact) mass is 137 g/mol. The molecule has 0 aliphatic heterocycles. The molecule has 0 rings (SSSR count). The van der Waals surface area contributed by atoms with Crippen LogP contribution in [0.1, 0.15) is 27.2 Å². The first-order valence-corrected chi connectivity index (χ1v) is 3.54. The molecule has 1 heteroatoms. The minimum absolute atomic E-state index is 0.0799. The van der Waals surface area contributed by atoms with Crippen molar-refractivity contribution in [3.63, 3.8) is 0 Å². The summed E-state index contributed by atoms with van der Waals surface area (Å²) in [6, 6.07) is 2.18. The van der Waals surface area contributed by atoms with Crippen LogP contribution in [0.15, 0.2) is 12.7 Å². The Morgan fingerprint density at radius 1 is 1.70 bits per heavy atom. The van der Waals surface area contributed by atoms with Crippen molar-refractivity contribution >= 4 is 0 Å². The molecule has 10 heavy (non-hydrogen) atoms. The minimum Gasteiger partial charge on any atom is -0.198 e. The molecule has 0 spiro atoms. The van der Waals surface area contributed by atoms with Gasteiger partial charge in [-0.15, -0.1) is 6.58 Å². The SMILES string of the molecule is C=CC(C)C(C)(C)CC#N. The predicted molar refractivity (Wildman–Crippen MR) is 43.4 cm³/mol. The largest absolute Gasteiger partial charge is 0.198 e. The highest BCUT2D eigenvalue weighted by molar-refractivity contribution is 4.92. The maximum Gasteiger partial charge on any atom is 0.0627 e. The fourth-order valence-electron chi connectivity index (χ4n) is 0.684. The van der Waals surface area contributed by atoms with Gasteiger partial charge in [-0.2, -0.15) is 5.26 Å². The summed E-state index contributed by atoms with van der Waals surface area (Å²) in [6.45, 7) is 9.96. The highest BCUT2D eigenvalue weighted by atomic mass is 14.3. The average Bonchev–Trinajstić information content (AvgIpc) is 1.86. The van der Waals surface area contributed by atoms with Crippen LogP contribution < -0.4 is 0 Å². The fraction of sp³-hybridized carbons (Fsp3) is 0.667. The van der Waals surface area contributed by atoms with Crippen molar-refractivity contribution in [3.8, 4) is 6.07 Å². The van der Waals surface area contributed by atoms with Gasteiger partial charge in [0.15, 0.2) is 0 Å². The van der Waals surface area contributed by atoms with Gasteiger partial charge in [0.1, 0.15) is 0 Å². The van der Waals surface area contributed by atoms with Gasteiger partial charge in [0, 0.05) is 6.42 Å². The van der Waals surface area contributed by atoms with E-state index in [-0.39, 0.29) is 5.41 Å². The van der Waals surface area contributed by atoms with Gasteiger partial charge in [-0.1, -0.05) is 26.8 Å². The molecule has 0 aromatic heterocycles. The molecule has 0 radical (unpaired) electrons. The number of nitriles is 1. The van der Waals surface area contributed by atoms with Gasteiger partial charge in [-0.3, -0.25) is 0 Å². The standard InChI is InChI=1S/C9H15N/c1-5-8(2)9(3,4)6-7-10/h5,8H,1,6H2,2-4H3. The summed E-state index contributed by atoms with van der Waals surface area (Å²) in [5.41, 5.74) is 0.0799. The van der Waals surface area contributed by atoms with E-state index in [1.54, 1.807) is 0 Å². The normalized spacial score (nSPS) is 13.8. The van der Waals surface area contributed by atoms with E-state index in [2.05, 4.69) is 33.4 Å². The Labute approximate surface area is 63.4 Å². The summed E-state index contributed by atoms with van der Waals surface area (Å²) in [7, 11) is 0. The molecule has 1 atom stereocenters. The molecule has 0 bridgehead atoms. The van der Waals surface area contributed by atoms with Crippen LogP contribution in [-0.2, 0) is 0 Å². The van der Waals surface area contributed by atoms with Gasteiger partial charge in [0.05, 0.1) is 6.07 Å². The van der Waals surface area contributed by atoms with Crippen LogP contribution in [0, 0.1) is 22.7 Å². The van der Waals surface area contributed by atoms with Crippen LogP contribution in [0.4, 0.5) is 0 Å². The lowest BCUT2D eigenvalue weighted by Crippen LogP contribution is -2.18. The molecule has 0 N–H and O–H groups in total. The first-order valence-electron chi connectivity index (χ1n) is 3.54. The summed E-state index contributed by atoms with van der Waals surface area (Å²) in [6.07, 6.45) is 2.50. The lowest BCUT2D eigenvalue weighted by atomic mass is 9.78. The Balaban J connectivity index is 4.11. The van der Waals surface area contributed by atoms with Crippen molar-refractivity contribution in [1.82, 2.24) is 0 Å². The lowest BCUT2D eigenvalue weighted by molar-refractivity contribution is 0.285. The summed E-state index contributed by atoms with van der Waals surface area (Å²) in [4.78, 5) is 0. The van der Waals surface area contributed by atoms with Crippen molar-refractivity contribution in [3.05, 3.63) is 12.7 Å². The molecule has 0 saturated carbocycles. The Hall–Kier alpha value is -0.770. The van der Waals surface area contributed by atoms with E-state index in [0.29, 0.717) is 12.3 Å². The third kappa shape index (κ3) is 2.23. The second-order valence-corrected chi connectivity index (χ2v) is 3.35. The highest BCUT2D eigenvalue weighted by Crippen LogP contribution is 2.30. The maximum absolute atomic E-state index is 8.46. The van der Waals surface area contributed by atoms with Crippen LogP contribution in [0.2, 0.25) is 0 Å². The molecule has 0 amide bonds. The zero-order valence-electron chi connectivity index (χ0n) is 7.02. The van der Waals surface area contributed by atoms with Gasteiger partial charge in [0.25, 0.3) is 0 Å². The van der Waals surface area contributed by atoms with E-state index < -0.39 is 0 Å². The summed E-state index contributed by atoms with van der Waals surface area (Å²) in [5.74, 6) is 0.409. The fourth-order valence-corrected chi connectivity index (χ4v) is 0.684. The summed E-state index contributed by atoms with van der Waals surface area (Å²) >= 11 is 0. The van der Waals surface area contributed by atoms with E-state index in [4.69, 9.17) is 5.26 Å². The Kier molecular flexibility index (Phi) is 3.15. The molecule has 0 aliphatic rings. The van der Waals surface area contributed by atoms with Crippen LogP contribution in [0.5, 0.6) is 0 Å². The Morgan fingerprint density at radius 2 is 2.20 bits per heavy atom. The van der Waals surface area contributed by atoms with Crippen molar-refractivity contribution in [2.24, 2.45) is 11.3 Å². The molecule has 56 valence electrons. The zero-order valence-corrected chi connectivity index (χ0v) is 7.02. The minimum atomic E-state index is 0.0799. The van der Waals surface area contributed by atoms with Gasteiger partial charge in [-0.25, -0.2) is 0 Å². The quantitative estimate of drug-likeness (QED) is 0.549. The smallest absolute Gasteiger partial charge is 0.0627 e. The molecule has 0 heterocycles. The van der Waals surface area contributed by atoms with Crippen LogP contribution in [0.25, 0.3) is 0 Å². The second-order valence-electron chi connectivity index (χ2n) is 3.35. The van der Waals surface area contributed by atoms with Crippen molar-refractivity contribution in [2.75, 3.05) is 0 Å². The molecule has 0 aliphatic carbocycles. The van der Waals surface area contributed by atoms with E-state index >= 15 is 0 Å². The number of hydrogen-bond acceptors (Lipinski definition) is 1. The molecule has 0 saturated heterocycles. The maximum atomic E-state index is 8.46.